The van der Waals surface area contributed by atoms with Crippen LogP contribution in [-0.4, -0.2) is 5.04 Å². The lowest BCUT2D eigenvalue weighted by Gasteiger charge is -2.08. The second kappa shape index (κ2) is 9.24. The maximum Gasteiger partial charge on any atom is 0.126 e. The Balaban J connectivity index is 3.15. The van der Waals surface area contributed by atoms with Crippen molar-refractivity contribution in [3.05, 3.63) is 69.5 Å². The molecule has 1 rings (SSSR count). The van der Waals surface area contributed by atoms with Crippen molar-refractivity contribution in [1.29, 1.82) is 5.26 Å². The van der Waals surface area contributed by atoms with Gasteiger partial charge in [-0.15, -0.1) is 0 Å². The van der Waals surface area contributed by atoms with Crippen LogP contribution in [0.25, 0.3) is 0 Å². The SMILES string of the molecule is C=C(C)/C=C(Cc1cc(C#N)ccc1F)\N=C(/C)SC(C)=C(C)C. The predicted octanol–water partition coefficient (Wildman–Crippen LogP) is 6.17. The highest BCUT2D eigenvalue weighted by atomic mass is 32.2. The van der Waals surface area contributed by atoms with Crippen molar-refractivity contribution in [3.8, 4) is 6.07 Å². The molecule has 0 N–H and O–H groups in total. The summed E-state index contributed by atoms with van der Waals surface area (Å²) < 4.78 is 14.0. The van der Waals surface area contributed by atoms with Crippen LogP contribution in [0.5, 0.6) is 0 Å². The molecule has 1 aromatic carbocycles. The van der Waals surface area contributed by atoms with Gasteiger partial charge in [0.1, 0.15) is 5.82 Å². The monoisotopic (exact) mass is 342 g/mol. The van der Waals surface area contributed by atoms with Crippen LogP contribution in [0.4, 0.5) is 4.39 Å². The lowest BCUT2D eigenvalue weighted by Crippen LogP contribution is -1.97. The Bertz CT molecular complexity index is 760. The summed E-state index contributed by atoms with van der Waals surface area (Å²) in [4.78, 5) is 5.82. The second-order valence-corrected chi connectivity index (χ2v) is 7.27. The summed E-state index contributed by atoms with van der Waals surface area (Å²) in [5.74, 6) is -0.331. The summed E-state index contributed by atoms with van der Waals surface area (Å²) >= 11 is 1.60. The molecule has 0 radical (unpaired) electrons. The third kappa shape index (κ3) is 6.55. The van der Waals surface area contributed by atoms with Gasteiger partial charge in [-0.3, -0.25) is 4.99 Å². The first kappa shape index (κ1) is 19.9. The van der Waals surface area contributed by atoms with Gasteiger partial charge >= 0.3 is 0 Å². The topological polar surface area (TPSA) is 36.1 Å². The number of aliphatic imine (C=N–C) groups is 1. The zero-order valence-corrected chi connectivity index (χ0v) is 15.7. The maximum atomic E-state index is 14.0. The molecule has 0 amide bonds. The summed E-state index contributed by atoms with van der Waals surface area (Å²) in [5.41, 5.74) is 3.72. The van der Waals surface area contributed by atoms with E-state index >= 15 is 0 Å². The van der Waals surface area contributed by atoms with E-state index in [1.54, 1.807) is 17.8 Å². The molecule has 0 bridgehead atoms. The standard InChI is InChI=1S/C20H23FN2S/c1-13(2)9-19(23-16(6)24-15(5)14(3)4)11-18-10-17(12-22)7-8-20(18)21/h7-10H,1,11H2,2-6H3/b19-9-,23-16+. The number of allylic oxidation sites excluding steroid dienone is 5. The molecule has 126 valence electrons. The molecule has 0 saturated heterocycles. The maximum absolute atomic E-state index is 14.0. The van der Waals surface area contributed by atoms with Gasteiger partial charge in [0.15, 0.2) is 0 Å². The van der Waals surface area contributed by atoms with Crippen molar-refractivity contribution in [2.75, 3.05) is 0 Å². The van der Waals surface area contributed by atoms with E-state index < -0.39 is 0 Å². The molecule has 0 fully saturated rings. The number of hydrogen-bond acceptors (Lipinski definition) is 3. The van der Waals surface area contributed by atoms with Gasteiger partial charge in [-0.1, -0.05) is 29.5 Å². The van der Waals surface area contributed by atoms with Gasteiger partial charge in [0, 0.05) is 12.1 Å². The first-order valence-electron chi connectivity index (χ1n) is 7.64. The minimum atomic E-state index is -0.331. The smallest absolute Gasteiger partial charge is 0.126 e. The Morgan fingerprint density at radius 1 is 1.29 bits per heavy atom. The Morgan fingerprint density at radius 2 is 1.96 bits per heavy atom. The molecular formula is C20H23FN2S. The molecule has 0 aliphatic rings. The number of nitrogens with zero attached hydrogens (tertiary/aromatic N) is 2. The molecule has 24 heavy (non-hydrogen) atoms. The van der Waals surface area contributed by atoms with Crippen molar-refractivity contribution in [2.45, 2.75) is 41.0 Å². The van der Waals surface area contributed by atoms with Crippen molar-refractivity contribution in [3.63, 3.8) is 0 Å². The molecule has 0 saturated carbocycles. The van der Waals surface area contributed by atoms with Crippen molar-refractivity contribution in [1.82, 2.24) is 0 Å². The molecular weight excluding hydrogens is 319 g/mol. The molecule has 0 spiro atoms. The third-order valence-electron chi connectivity index (χ3n) is 3.27. The van der Waals surface area contributed by atoms with Gasteiger partial charge in [-0.05, 0) is 69.4 Å². The van der Waals surface area contributed by atoms with Gasteiger partial charge in [-0.2, -0.15) is 5.26 Å². The summed E-state index contributed by atoms with van der Waals surface area (Å²) in [7, 11) is 0. The average Bonchev–Trinajstić information content (AvgIpc) is 2.48. The van der Waals surface area contributed by atoms with Crippen LogP contribution in [-0.2, 0) is 6.42 Å². The molecule has 2 nitrogen and oxygen atoms in total. The van der Waals surface area contributed by atoms with Crippen LogP contribution in [0.15, 0.2) is 57.6 Å². The Morgan fingerprint density at radius 3 is 2.50 bits per heavy atom. The zero-order chi connectivity index (χ0) is 18.3. The van der Waals surface area contributed by atoms with Crippen LogP contribution in [0.1, 0.15) is 45.7 Å². The fourth-order valence-corrected chi connectivity index (χ4v) is 2.74. The van der Waals surface area contributed by atoms with Gasteiger partial charge in [0.2, 0.25) is 0 Å². The van der Waals surface area contributed by atoms with Crippen molar-refractivity contribution >= 4 is 16.8 Å². The summed E-state index contributed by atoms with van der Waals surface area (Å²) in [6.07, 6.45) is 2.17. The number of halogens is 1. The highest BCUT2D eigenvalue weighted by Gasteiger charge is 2.08. The van der Waals surface area contributed by atoms with E-state index in [4.69, 9.17) is 5.26 Å². The Hall–Kier alpha value is -2.12. The van der Waals surface area contributed by atoms with Crippen molar-refractivity contribution < 1.29 is 4.39 Å². The van der Waals surface area contributed by atoms with E-state index in [-0.39, 0.29) is 5.82 Å². The minimum absolute atomic E-state index is 0.319. The fraction of sp³-hybridized carbons (Fsp3) is 0.300. The zero-order valence-electron chi connectivity index (χ0n) is 14.9. The number of benzene rings is 1. The number of thioether (sulfide) groups is 1. The summed E-state index contributed by atoms with van der Waals surface area (Å²) in [5, 5.41) is 9.88. The second-order valence-electron chi connectivity index (χ2n) is 5.87. The fourth-order valence-electron chi connectivity index (χ4n) is 1.93. The molecule has 0 aliphatic carbocycles. The molecule has 0 unspecified atom stereocenters. The van der Waals surface area contributed by atoms with Crippen LogP contribution in [0.2, 0.25) is 0 Å². The van der Waals surface area contributed by atoms with E-state index in [9.17, 15) is 4.39 Å². The van der Waals surface area contributed by atoms with E-state index in [1.807, 2.05) is 26.0 Å². The molecule has 1 aromatic rings. The van der Waals surface area contributed by atoms with Gasteiger partial charge in [0.25, 0.3) is 0 Å². The minimum Gasteiger partial charge on any atom is -0.251 e. The van der Waals surface area contributed by atoms with E-state index in [2.05, 4.69) is 32.3 Å². The molecule has 0 aromatic heterocycles. The lowest BCUT2D eigenvalue weighted by molar-refractivity contribution is 0.613. The highest BCUT2D eigenvalue weighted by molar-refractivity contribution is 8.17. The largest absolute Gasteiger partial charge is 0.251 e. The molecule has 4 heteroatoms. The van der Waals surface area contributed by atoms with E-state index in [0.717, 1.165) is 16.3 Å². The predicted molar refractivity (Wildman–Crippen MR) is 102 cm³/mol. The van der Waals surface area contributed by atoms with Crippen LogP contribution >= 0.6 is 11.8 Å². The van der Waals surface area contributed by atoms with Gasteiger partial charge in [-0.25, -0.2) is 4.39 Å². The molecule has 0 atom stereocenters. The first-order valence-corrected chi connectivity index (χ1v) is 8.46. The normalized spacial score (nSPS) is 11.9. The van der Waals surface area contributed by atoms with Crippen LogP contribution < -0.4 is 0 Å². The molecule has 0 aliphatic heterocycles. The lowest BCUT2D eigenvalue weighted by atomic mass is 10.1. The number of nitriles is 1. The van der Waals surface area contributed by atoms with Gasteiger partial charge < -0.3 is 0 Å². The quantitative estimate of drug-likeness (QED) is 0.365. The third-order valence-corrected chi connectivity index (χ3v) is 4.37. The summed E-state index contributed by atoms with van der Waals surface area (Å²) in [6.45, 7) is 13.9. The van der Waals surface area contributed by atoms with Crippen LogP contribution in [0.3, 0.4) is 0 Å². The molecule has 0 heterocycles. The average molecular weight is 342 g/mol. The highest BCUT2D eigenvalue weighted by Crippen LogP contribution is 2.23. The van der Waals surface area contributed by atoms with E-state index in [0.29, 0.717) is 17.5 Å². The van der Waals surface area contributed by atoms with E-state index in [1.165, 1.54) is 22.6 Å². The van der Waals surface area contributed by atoms with Gasteiger partial charge in [0.05, 0.1) is 16.7 Å². The first-order chi connectivity index (χ1) is 11.2. The van der Waals surface area contributed by atoms with Crippen LogP contribution in [0, 0.1) is 17.1 Å². The summed E-state index contributed by atoms with van der Waals surface area (Å²) in [6, 6.07) is 6.41. The number of rotatable bonds is 5. The number of hydrogen-bond donors (Lipinski definition) is 0. The Kier molecular flexibility index (Phi) is 7.67. The van der Waals surface area contributed by atoms with Crippen molar-refractivity contribution in [2.24, 2.45) is 4.99 Å². The Labute approximate surface area is 148 Å².